The molecule has 0 aliphatic carbocycles. The maximum absolute atomic E-state index is 12.4. The number of thioether (sulfide) groups is 1. The normalized spacial score (nSPS) is 14.7. The number of carbonyl (C=O) groups is 2. The van der Waals surface area contributed by atoms with Crippen molar-refractivity contribution in [1.82, 2.24) is 0 Å². The van der Waals surface area contributed by atoms with Gasteiger partial charge in [-0.1, -0.05) is 36.0 Å². The van der Waals surface area contributed by atoms with Crippen LogP contribution in [0.4, 0.5) is 0 Å². The van der Waals surface area contributed by atoms with Gasteiger partial charge in [0.15, 0.2) is 0 Å². The van der Waals surface area contributed by atoms with Crippen molar-refractivity contribution in [3.05, 3.63) is 82.5 Å². The van der Waals surface area contributed by atoms with Crippen LogP contribution in [-0.2, 0) is 0 Å². The summed E-state index contributed by atoms with van der Waals surface area (Å²) >= 11 is 1.42. The molecule has 0 spiro atoms. The molecule has 0 unspecified atom stereocenters. The van der Waals surface area contributed by atoms with E-state index in [1.165, 1.54) is 17.8 Å². The number of Topliss-reactive ketones (excluding diaryl/α,β-unsaturated/α-hetero) is 1. The maximum Gasteiger partial charge on any atom is 0.335 e. The number of hydrogen-bond donors (Lipinski definition) is 1. The van der Waals surface area contributed by atoms with Crippen molar-refractivity contribution in [2.24, 2.45) is 0 Å². The summed E-state index contributed by atoms with van der Waals surface area (Å²) in [6.45, 7) is 0. The smallest absolute Gasteiger partial charge is 0.335 e. The minimum absolute atomic E-state index is 0.00794. The van der Waals surface area contributed by atoms with Crippen molar-refractivity contribution in [2.45, 2.75) is 4.90 Å². The predicted octanol–water partition coefficient (Wildman–Crippen LogP) is 4.97. The molecular weight excluding hydrogens is 336 g/mol. The summed E-state index contributed by atoms with van der Waals surface area (Å²) in [6, 6.07) is 17.6. The highest BCUT2D eigenvalue weighted by atomic mass is 32.2. The lowest BCUT2D eigenvalue weighted by molar-refractivity contribution is 0.0696. The average molecular weight is 348 g/mol. The van der Waals surface area contributed by atoms with E-state index in [4.69, 9.17) is 9.52 Å². The van der Waals surface area contributed by atoms with Gasteiger partial charge in [-0.15, -0.1) is 0 Å². The first-order valence-electron chi connectivity index (χ1n) is 7.59. The number of furan rings is 1. The fourth-order valence-electron chi connectivity index (χ4n) is 2.66. The molecule has 25 heavy (non-hydrogen) atoms. The van der Waals surface area contributed by atoms with Crippen LogP contribution in [0.5, 0.6) is 0 Å². The van der Waals surface area contributed by atoms with Gasteiger partial charge in [-0.3, -0.25) is 4.79 Å². The third kappa shape index (κ3) is 2.90. The molecule has 0 amide bonds. The first-order valence-corrected chi connectivity index (χ1v) is 8.40. The number of carboxylic acid groups (broad SMARTS) is 1. The summed E-state index contributed by atoms with van der Waals surface area (Å²) in [7, 11) is 0. The van der Waals surface area contributed by atoms with Gasteiger partial charge in [0.2, 0.25) is 5.78 Å². The molecule has 0 radical (unpaired) electrons. The Bertz CT molecular complexity index is 1030. The number of hydrogen-bond acceptors (Lipinski definition) is 4. The summed E-state index contributed by atoms with van der Waals surface area (Å²) in [5, 5.41) is 9.09. The highest BCUT2D eigenvalue weighted by Crippen LogP contribution is 2.40. The lowest BCUT2D eigenvalue weighted by atomic mass is 10.1. The molecule has 1 aliphatic rings. The van der Waals surface area contributed by atoms with Gasteiger partial charge in [-0.25, -0.2) is 4.79 Å². The summed E-state index contributed by atoms with van der Waals surface area (Å²) in [5.41, 5.74) is 1.59. The van der Waals surface area contributed by atoms with E-state index in [-0.39, 0.29) is 11.3 Å². The van der Waals surface area contributed by atoms with Gasteiger partial charge in [0.25, 0.3) is 0 Å². The van der Waals surface area contributed by atoms with Crippen LogP contribution in [0.2, 0.25) is 0 Å². The Balaban J connectivity index is 1.64. The van der Waals surface area contributed by atoms with Gasteiger partial charge in [-0.2, -0.15) is 0 Å². The van der Waals surface area contributed by atoms with E-state index in [2.05, 4.69) is 0 Å². The molecule has 1 N–H and O–H groups in total. The number of ketones is 1. The summed E-state index contributed by atoms with van der Waals surface area (Å²) in [4.78, 5) is 25.0. The van der Waals surface area contributed by atoms with E-state index in [0.717, 1.165) is 4.90 Å². The van der Waals surface area contributed by atoms with E-state index in [1.54, 1.807) is 36.4 Å². The molecular formula is C20H12O4S. The number of rotatable bonds is 3. The molecule has 1 aromatic heterocycles. The average Bonchev–Trinajstić information content (AvgIpc) is 3.21. The van der Waals surface area contributed by atoms with Crippen molar-refractivity contribution >= 4 is 29.6 Å². The number of carbonyl (C=O) groups excluding carboxylic acids is 1. The fourth-order valence-corrected chi connectivity index (χ4v) is 3.69. The third-order valence-electron chi connectivity index (χ3n) is 3.87. The van der Waals surface area contributed by atoms with E-state index in [9.17, 15) is 9.59 Å². The van der Waals surface area contributed by atoms with Gasteiger partial charge in [0, 0.05) is 16.0 Å². The summed E-state index contributed by atoms with van der Waals surface area (Å²) in [5.74, 6) is 0.121. The molecule has 2 heterocycles. The Hall–Kier alpha value is -3.05. The second kappa shape index (κ2) is 6.11. The van der Waals surface area contributed by atoms with Crippen LogP contribution in [0.3, 0.4) is 0 Å². The quantitative estimate of drug-likeness (QED) is 0.677. The molecule has 0 saturated heterocycles. The molecule has 5 heteroatoms. The van der Waals surface area contributed by atoms with Crippen LogP contribution < -0.4 is 0 Å². The van der Waals surface area contributed by atoms with Crippen molar-refractivity contribution in [3.63, 3.8) is 0 Å². The Labute approximate surface area is 147 Å². The lowest BCUT2D eigenvalue weighted by Crippen LogP contribution is -1.95. The summed E-state index contributed by atoms with van der Waals surface area (Å²) in [6.07, 6.45) is 1.72. The van der Waals surface area contributed by atoms with Crippen molar-refractivity contribution < 1.29 is 19.1 Å². The van der Waals surface area contributed by atoms with E-state index in [0.29, 0.717) is 27.6 Å². The van der Waals surface area contributed by atoms with E-state index in [1.807, 2.05) is 24.3 Å². The summed E-state index contributed by atoms with van der Waals surface area (Å²) < 4.78 is 5.78. The van der Waals surface area contributed by atoms with Crippen molar-refractivity contribution in [1.29, 1.82) is 0 Å². The molecule has 0 bridgehead atoms. The van der Waals surface area contributed by atoms with Crippen LogP contribution in [0.1, 0.15) is 26.5 Å². The SMILES string of the molecule is O=C(O)c1cccc(-c2ccc(/C=C3/Sc4ccccc4C3=O)o2)c1. The van der Waals surface area contributed by atoms with Crippen LogP contribution >= 0.6 is 11.8 Å². The molecule has 1 aliphatic heterocycles. The number of benzene rings is 2. The number of carboxylic acids is 1. The fraction of sp³-hybridized carbons (Fsp3) is 0. The van der Waals surface area contributed by atoms with Crippen LogP contribution in [0.15, 0.2) is 74.9 Å². The molecule has 0 fully saturated rings. The largest absolute Gasteiger partial charge is 0.478 e. The van der Waals surface area contributed by atoms with Gasteiger partial charge in [0.1, 0.15) is 11.5 Å². The van der Waals surface area contributed by atoms with E-state index < -0.39 is 5.97 Å². The molecule has 0 saturated carbocycles. The third-order valence-corrected chi connectivity index (χ3v) is 4.97. The van der Waals surface area contributed by atoms with Crippen LogP contribution in [0, 0.1) is 0 Å². The van der Waals surface area contributed by atoms with Gasteiger partial charge >= 0.3 is 5.97 Å². The second-order valence-corrected chi connectivity index (χ2v) is 6.61. The standard InChI is InChI=1S/C20H12O4S/c21-19-15-6-1-2-7-17(15)25-18(19)11-14-8-9-16(24-14)12-4-3-5-13(10-12)20(22)23/h1-11H,(H,22,23)/b18-11+. The van der Waals surface area contributed by atoms with E-state index >= 15 is 0 Å². The van der Waals surface area contributed by atoms with Gasteiger partial charge in [-0.05, 0) is 42.5 Å². The predicted molar refractivity (Wildman–Crippen MR) is 95.7 cm³/mol. The minimum atomic E-state index is -0.985. The Morgan fingerprint density at radius 1 is 1.04 bits per heavy atom. The zero-order valence-electron chi connectivity index (χ0n) is 12.9. The number of fused-ring (bicyclic) bond motifs is 1. The first kappa shape index (κ1) is 15.5. The lowest BCUT2D eigenvalue weighted by Gasteiger charge is -1.99. The number of aromatic carboxylic acids is 1. The molecule has 2 aromatic carbocycles. The second-order valence-electron chi connectivity index (χ2n) is 5.52. The minimum Gasteiger partial charge on any atom is -0.478 e. The maximum atomic E-state index is 12.4. The Morgan fingerprint density at radius 2 is 1.88 bits per heavy atom. The van der Waals surface area contributed by atoms with Gasteiger partial charge < -0.3 is 9.52 Å². The molecule has 4 nitrogen and oxygen atoms in total. The molecule has 3 aromatic rings. The van der Waals surface area contributed by atoms with Gasteiger partial charge in [0.05, 0.1) is 10.5 Å². The van der Waals surface area contributed by atoms with Crippen LogP contribution in [0.25, 0.3) is 17.4 Å². The highest BCUT2D eigenvalue weighted by Gasteiger charge is 2.25. The molecule has 0 atom stereocenters. The topological polar surface area (TPSA) is 67.5 Å². The molecule has 122 valence electrons. The highest BCUT2D eigenvalue weighted by molar-refractivity contribution is 8.04. The van der Waals surface area contributed by atoms with Crippen LogP contribution in [-0.4, -0.2) is 16.9 Å². The monoisotopic (exact) mass is 348 g/mol. The number of allylic oxidation sites excluding steroid dienone is 1. The van der Waals surface area contributed by atoms with Crippen molar-refractivity contribution in [3.8, 4) is 11.3 Å². The zero-order chi connectivity index (χ0) is 17.4. The Kier molecular flexibility index (Phi) is 3.78. The first-order chi connectivity index (χ1) is 12.1. The van der Waals surface area contributed by atoms with Crippen molar-refractivity contribution in [2.75, 3.05) is 0 Å². The molecule has 4 rings (SSSR count). The zero-order valence-corrected chi connectivity index (χ0v) is 13.7. The Morgan fingerprint density at radius 3 is 2.68 bits per heavy atom.